The minimum absolute atomic E-state index is 0.330. The number of thiocarbonyl (C=S) groups is 1. The maximum atomic E-state index is 13.5. The first-order valence-electron chi connectivity index (χ1n) is 10.3. The smallest absolute Gasteiger partial charge is 0.257 e. The van der Waals surface area contributed by atoms with Crippen LogP contribution in [0, 0.1) is 6.92 Å². The van der Waals surface area contributed by atoms with Crippen LogP contribution in [0.5, 0.6) is 11.5 Å². The molecule has 2 heterocycles. The molecule has 0 fully saturated rings. The topological polar surface area (TPSA) is 88.9 Å². The Morgan fingerprint density at radius 3 is 2.61 bits per heavy atom. The lowest BCUT2D eigenvalue weighted by atomic mass is 9.93. The molecule has 0 spiro atoms. The third kappa shape index (κ3) is 4.40. The number of benzene rings is 2. The Labute approximate surface area is 197 Å². The van der Waals surface area contributed by atoms with E-state index in [2.05, 4.69) is 15.8 Å². The third-order valence-electron chi connectivity index (χ3n) is 5.35. The Morgan fingerprint density at radius 2 is 1.91 bits per heavy atom. The van der Waals surface area contributed by atoms with Crippen LogP contribution in [0.15, 0.2) is 70.4 Å². The van der Waals surface area contributed by atoms with Crippen molar-refractivity contribution in [1.29, 1.82) is 0 Å². The second kappa shape index (κ2) is 9.33. The van der Waals surface area contributed by atoms with Gasteiger partial charge in [-0.2, -0.15) is 0 Å². The van der Waals surface area contributed by atoms with Gasteiger partial charge < -0.3 is 24.6 Å². The third-order valence-corrected chi connectivity index (χ3v) is 5.65. The average Bonchev–Trinajstić information content (AvgIpc) is 3.23. The Kier molecular flexibility index (Phi) is 6.32. The first-order valence-corrected chi connectivity index (χ1v) is 10.7. The second-order valence-corrected chi connectivity index (χ2v) is 7.83. The number of aryl methyl sites for hydroxylation is 1. The molecule has 0 bridgehead atoms. The number of hydrogen-bond donors (Lipinski definition) is 2. The molecule has 3 aromatic rings. The highest BCUT2D eigenvalue weighted by atomic mass is 32.1. The van der Waals surface area contributed by atoms with Gasteiger partial charge in [0.1, 0.15) is 17.3 Å². The standard InChI is InChI=1S/C24H24N4O4S/c1-14-12-20(27-32-14)25-23(29)21-15(2)28(18-10-5-6-11-19(18)31-4)24(33)26-22(21)16-8-7-9-17(13-16)30-3/h5-13,22H,1-4H3,(H,26,33)(H,25,27,29)/t22-/m0/s1. The van der Waals surface area contributed by atoms with Crippen molar-refractivity contribution in [2.75, 3.05) is 24.4 Å². The van der Waals surface area contributed by atoms with Crippen molar-refractivity contribution in [1.82, 2.24) is 10.5 Å². The molecule has 2 N–H and O–H groups in total. The lowest BCUT2D eigenvalue weighted by Gasteiger charge is -2.38. The van der Waals surface area contributed by atoms with Gasteiger partial charge in [-0.3, -0.25) is 9.69 Å². The normalized spacial score (nSPS) is 15.8. The SMILES string of the molecule is COc1cccc([C@@H]2NC(=S)N(c3ccccc3OC)C(C)=C2C(=O)Nc2cc(C)on2)c1. The van der Waals surface area contributed by atoms with Crippen LogP contribution < -0.4 is 25.0 Å². The van der Waals surface area contributed by atoms with E-state index in [0.717, 1.165) is 11.3 Å². The molecule has 1 aliphatic rings. The van der Waals surface area contributed by atoms with Gasteiger partial charge in [-0.25, -0.2) is 0 Å². The predicted octanol–water partition coefficient (Wildman–Crippen LogP) is 4.35. The number of para-hydroxylation sites is 2. The van der Waals surface area contributed by atoms with E-state index in [-0.39, 0.29) is 5.91 Å². The molecule has 1 amide bonds. The number of allylic oxidation sites excluding steroid dienone is 1. The summed E-state index contributed by atoms with van der Waals surface area (Å²) in [4.78, 5) is 15.3. The molecule has 170 valence electrons. The lowest BCUT2D eigenvalue weighted by molar-refractivity contribution is -0.113. The maximum Gasteiger partial charge on any atom is 0.257 e. The van der Waals surface area contributed by atoms with Crippen molar-refractivity contribution in [3.05, 3.63) is 77.2 Å². The fourth-order valence-corrected chi connectivity index (χ4v) is 4.18. The van der Waals surface area contributed by atoms with E-state index in [0.29, 0.717) is 39.5 Å². The zero-order valence-corrected chi connectivity index (χ0v) is 19.5. The van der Waals surface area contributed by atoms with Crippen molar-refractivity contribution in [3.63, 3.8) is 0 Å². The number of methoxy groups -OCH3 is 2. The monoisotopic (exact) mass is 464 g/mol. The summed E-state index contributed by atoms with van der Waals surface area (Å²) >= 11 is 5.74. The Hall–Kier alpha value is -3.85. The summed E-state index contributed by atoms with van der Waals surface area (Å²) in [5.41, 5.74) is 2.69. The van der Waals surface area contributed by atoms with Crippen LogP contribution in [0.25, 0.3) is 0 Å². The average molecular weight is 465 g/mol. The van der Waals surface area contributed by atoms with Gasteiger partial charge in [-0.15, -0.1) is 0 Å². The largest absolute Gasteiger partial charge is 0.497 e. The highest BCUT2D eigenvalue weighted by molar-refractivity contribution is 7.80. The van der Waals surface area contributed by atoms with Crippen LogP contribution in [0.1, 0.15) is 24.3 Å². The predicted molar refractivity (Wildman–Crippen MR) is 130 cm³/mol. The van der Waals surface area contributed by atoms with E-state index in [1.807, 2.05) is 55.5 Å². The first-order chi connectivity index (χ1) is 15.9. The number of carbonyl (C=O) groups is 1. The minimum Gasteiger partial charge on any atom is -0.497 e. The summed E-state index contributed by atoms with van der Waals surface area (Å²) in [5, 5.41) is 10.5. The molecule has 9 heteroatoms. The number of nitrogens with one attached hydrogen (secondary N) is 2. The summed E-state index contributed by atoms with van der Waals surface area (Å²) in [6.07, 6.45) is 0. The summed E-state index contributed by atoms with van der Waals surface area (Å²) in [5.74, 6) is 1.91. The van der Waals surface area contributed by atoms with E-state index in [9.17, 15) is 4.79 Å². The molecule has 33 heavy (non-hydrogen) atoms. The Bertz CT molecular complexity index is 1240. The van der Waals surface area contributed by atoms with Crippen LogP contribution in [-0.2, 0) is 4.79 Å². The lowest BCUT2D eigenvalue weighted by Crippen LogP contribution is -2.48. The Balaban J connectivity index is 1.84. The van der Waals surface area contributed by atoms with Gasteiger partial charge in [0.2, 0.25) is 0 Å². The minimum atomic E-state index is -0.508. The van der Waals surface area contributed by atoms with Crippen LogP contribution in [0.4, 0.5) is 11.5 Å². The van der Waals surface area contributed by atoms with Crippen LogP contribution in [0.3, 0.4) is 0 Å². The number of rotatable bonds is 6. The van der Waals surface area contributed by atoms with Gasteiger partial charge in [0.25, 0.3) is 5.91 Å². The number of aromatic nitrogens is 1. The molecule has 2 aromatic carbocycles. The van der Waals surface area contributed by atoms with Gasteiger partial charge in [0.15, 0.2) is 10.9 Å². The van der Waals surface area contributed by atoms with Gasteiger partial charge in [-0.1, -0.05) is 29.4 Å². The number of ether oxygens (including phenoxy) is 2. The van der Waals surface area contributed by atoms with E-state index < -0.39 is 6.04 Å². The molecule has 0 saturated carbocycles. The molecule has 4 rings (SSSR count). The molecule has 0 radical (unpaired) electrons. The number of nitrogens with zero attached hydrogens (tertiary/aromatic N) is 2. The summed E-state index contributed by atoms with van der Waals surface area (Å²) in [6.45, 7) is 3.62. The van der Waals surface area contributed by atoms with E-state index >= 15 is 0 Å². The molecular weight excluding hydrogens is 440 g/mol. The summed E-state index contributed by atoms with van der Waals surface area (Å²) < 4.78 is 16.0. The number of amides is 1. The zero-order chi connectivity index (χ0) is 23.5. The van der Waals surface area contributed by atoms with Crippen molar-refractivity contribution in [2.45, 2.75) is 19.9 Å². The van der Waals surface area contributed by atoms with Gasteiger partial charge in [0, 0.05) is 11.8 Å². The van der Waals surface area contributed by atoms with E-state index in [1.54, 1.807) is 32.1 Å². The van der Waals surface area contributed by atoms with Crippen molar-refractivity contribution in [3.8, 4) is 11.5 Å². The molecule has 0 saturated heterocycles. The van der Waals surface area contributed by atoms with E-state index in [1.165, 1.54) is 0 Å². The fourth-order valence-electron chi connectivity index (χ4n) is 3.82. The maximum absolute atomic E-state index is 13.5. The van der Waals surface area contributed by atoms with Crippen molar-refractivity contribution >= 4 is 34.7 Å². The number of carbonyl (C=O) groups excluding carboxylic acids is 1. The van der Waals surface area contributed by atoms with Crippen molar-refractivity contribution < 1.29 is 18.8 Å². The highest BCUT2D eigenvalue weighted by Gasteiger charge is 2.36. The molecule has 1 aliphatic heterocycles. The van der Waals surface area contributed by atoms with Gasteiger partial charge in [-0.05, 0) is 55.9 Å². The van der Waals surface area contributed by atoms with E-state index in [4.69, 9.17) is 26.2 Å². The van der Waals surface area contributed by atoms with Crippen molar-refractivity contribution in [2.24, 2.45) is 0 Å². The zero-order valence-electron chi connectivity index (χ0n) is 18.7. The van der Waals surface area contributed by atoms with Gasteiger partial charge in [0.05, 0.1) is 31.5 Å². The summed E-state index contributed by atoms with van der Waals surface area (Å²) in [7, 11) is 3.20. The molecular formula is C24H24N4O4S. The Morgan fingerprint density at radius 1 is 1.12 bits per heavy atom. The fraction of sp³-hybridized carbons (Fsp3) is 0.208. The molecule has 8 nitrogen and oxygen atoms in total. The number of anilines is 2. The van der Waals surface area contributed by atoms with Gasteiger partial charge >= 0.3 is 0 Å². The second-order valence-electron chi connectivity index (χ2n) is 7.44. The quantitative estimate of drug-likeness (QED) is 0.521. The molecule has 0 aliphatic carbocycles. The summed E-state index contributed by atoms with van der Waals surface area (Å²) in [6, 6.07) is 16.2. The molecule has 1 atom stereocenters. The molecule has 1 aromatic heterocycles. The first kappa shape index (κ1) is 22.3. The number of hydrogen-bond acceptors (Lipinski definition) is 6. The van der Waals surface area contributed by atoms with Crippen LogP contribution in [-0.4, -0.2) is 30.4 Å². The van der Waals surface area contributed by atoms with Crippen LogP contribution >= 0.6 is 12.2 Å². The van der Waals surface area contributed by atoms with Crippen LogP contribution in [0.2, 0.25) is 0 Å². The highest BCUT2D eigenvalue weighted by Crippen LogP contribution is 2.38. The molecule has 0 unspecified atom stereocenters.